The largest absolute Gasteiger partial charge is 0.446 e. The van der Waals surface area contributed by atoms with Crippen molar-refractivity contribution in [2.45, 2.75) is 13.8 Å². The van der Waals surface area contributed by atoms with Crippen molar-refractivity contribution in [3.05, 3.63) is 64.5 Å². The van der Waals surface area contributed by atoms with Gasteiger partial charge in [-0.15, -0.1) is 0 Å². The molecule has 3 heterocycles. The standard InChI is InChI=1S/C18H14N4O3/c1-10-15(11(2)21-22-16(10)23)12-3-5-13(6-4-12)25-18-14-7-8-24-17(14)19-9-20-18/h3-9H,1-2H3,(H,22,23). The van der Waals surface area contributed by atoms with Gasteiger partial charge in [0.25, 0.3) is 5.56 Å². The molecule has 7 heteroatoms. The van der Waals surface area contributed by atoms with E-state index in [0.29, 0.717) is 28.3 Å². The highest BCUT2D eigenvalue weighted by Crippen LogP contribution is 2.30. The number of aromatic amines is 1. The lowest BCUT2D eigenvalue weighted by atomic mass is 10.0. The SMILES string of the molecule is Cc1n[nH]c(=O)c(C)c1-c1ccc(Oc2ncnc3occc23)cc1. The molecule has 0 unspecified atom stereocenters. The predicted octanol–water partition coefficient (Wildman–Crippen LogP) is 3.38. The lowest BCUT2D eigenvalue weighted by molar-refractivity contribution is 0.467. The maximum absolute atomic E-state index is 11.8. The zero-order chi connectivity index (χ0) is 17.4. The first-order chi connectivity index (χ1) is 12.1. The van der Waals surface area contributed by atoms with Crippen LogP contribution in [0.15, 0.2) is 52.1 Å². The quantitative estimate of drug-likeness (QED) is 0.617. The van der Waals surface area contributed by atoms with Gasteiger partial charge in [0.2, 0.25) is 11.6 Å². The zero-order valence-electron chi connectivity index (χ0n) is 13.6. The van der Waals surface area contributed by atoms with Gasteiger partial charge in [0, 0.05) is 11.1 Å². The first-order valence-electron chi connectivity index (χ1n) is 7.66. The van der Waals surface area contributed by atoms with Crippen molar-refractivity contribution in [2.75, 3.05) is 0 Å². The number of H-pyrrole nitrogens is 1. The summed E-state index contributed by atoms with van der Waals surface area (Å²) in [6.07, 6.45) is 2.94. The van der Waals surface area contributed by atoms with Crippen LogP contribution in [0.2, 0.25) is 0 Å². The summed E-state index contributed by atoms with van der Waals surface area (Å²) in [6.45, 7) is 3.64. The van der Waals surface area contributed by atoms with Crippen molar-refractivity contribution in [3.8, 4) is 22.8 Å². The number of ether oxygens (including phenoxy) is 1. The predicted molar refractivity (Wildman–Crippen MR) is 91.6 cm³/mol. The molecule has 7 nitrogen and oxygen atoms in total. The minimum absolute atomic E-state index is 0.190. The second-order valence-corrected chi connectivity index (χ2v) is 5.58. The van der Waals surface area contributed by atoms with Crippen molar-refractivity contribution in [3.63, 3.8) is 0 Å². The number of hydrogen-bond donors (Lipinski definition) is 1. The summed E-state index contributed by atoms with van der Waals surface area (Å²) in [7, 11) is 0. The molecule has 4 aromatic rings. The van der Waals surface area contributed by atoms with Crippen LogP contribution in [-0.4, -0.2) is 20.2 Å². The Bertz CT molecular complexity index is 1110. The van der Waals surface area contributed by atoms with Gasteiger partial charge >= 0.3 is 0 Å². The summed E-state index contributed by atoms with van der Waals surface area (Å²) in [6, 6.07) is 9.18. The summed E-state index contributed by atoms with van der Waals surface area (Å²) < 4.78 is 11.1. The lowest BCUT2D eigenvalue weighted by Crippen LogP contribution is -2.14. The molecule has 25 heavy (non-hydrogen) atoms. The van der Waals surface area contributed by atoms with Gasteiger partial charge in [-0.3, -0.25) is 4.79 Å². The Labute approximate surface area is 142 Å². The van der Waals surface area contributed by atoms with Gasteiger partial charge in [0.1, 0.15) is 17.5 Å². The fraction of sp³-hybridized carbons (Fsp3) is 0.111. The van der Waals surface area contributed by atoms with Crippen LogP contribution in [0.25, 0.3) is 22.2 Å². The van der Waals surface area contributed by atoms with Crippen LogP contribution in [-0.2, 0) is 0 Å². The Hall–Kier alpha value is -3.48. The Morgan fingerprint density at radius 3 is 2.68 bits per heavy atom. The van der Waals surface area contributed by atoms with Crippen LogP contribution in [0.3, 0.4) is 0 Å². The van der Waals surface area contributed by atoms with Gasteiger partial charge in [-0.2, -0.15) is 5.10 Å². The second-order valence-electron chi connectivity index (χ2n) is 5.58. The van der Waals surface area contributed by atoms with Crippen LogP contribution in [0.1, 0.15) is 11.3 Å². The lowest BCUT2D eigenvalue weighted by Gasteiger charge is -2.09. The topological polar surface area (TPSA) is 93.9 Å². The molecule has 4 rings (SSSR count). The number of hydrogen-bond acceptors (Lipinski definition) is 6. The number of fused-ring (bicyclic) bond motifs is 1. The molecule has 0 saturated heterocycles. The molecule has 0 aliphatic rings. The molecule has 0 amide bonds. The van der Waals surface area contributed by atoms with Crippen molar-refractivity contribution in [1.82, 2.24) is 20.2 Å². The number of benzene rings is 1. The van der Waals surface area contributed by atoms with E-state index in [9.17, 15) is 4.79 Å². The third-order valence-corrected chi connectivity index (χ3v) is 3.99. The first kappa shape index (κ1) is 15.1. The van der Waals surface area contributed by atoms with E-state index >= 15 is 0 Å². The van der Waals surface area contributed by atoms with Gasteiger partial charge in [-0.25, -0.2) is 15.1 Å². The number of aryl methyl sites for hydroxylation is 1. The average Bonchev–Trinajstić information content (AvgIpc) is 3.10. The molecule has 0 radical (unpaired) electrons. The van der Waals surface area contributed by atoms with Gasteiger partial charge in [-0.05, 0) is 37.6 Å². The average molecular weight is 334 g/mol. The van der Waals surface area contributed by atoms with E-state index in [4.69, 9.17) is 9.15 Å². The normalized spacial score (nSPS) is 11.0. The zero-order valence-corrected chi connectivity index (χ0v) is 13.6. The van der Waals surface area contributed by atoms with Gasteiger partial charge in [0.15, 0.2) is 0 Å². The molecule has 0 saturated carbocycles. The maximum atomic E-state index is 11.8. The molecule has 1 N–H and O–H groups in total. The van der Waals surface area contributed by atoms with Crippen molar-refractivity contribution >= 4 is 11.1 Å². The number of rotatable bonds is 3. The molecule has 0 fully saturated rings. The molecule has 3 aromatic heterocycles. The smallest absolute Gasteiger partial charge is 0.267 e. The Balaban J connectivity index is 1.68. The van der Waals surface area contributed by atoms with Crippen LogP contribution < -0.4 is 10.3 Å². The monoisotopic (exact) mass is 334 g/mol. The minimum Gasteiger partial charge on any atom is -0.446 e. The number of aromatic nitrogens is 4. The van der Waals surface area contributed by atoms with Crippen molar-refractivity contribution < 1.29 is 9.15 Å². The van der Waals surface area contributed by atoms with Crippen LogP contribution in [0.4, 0.5) is 0 Å². The van der Waals surface area contributed by atoms with Crippen molar-refractivity contribution in [1.29, 1.82) is 0 Å². The second kappa shape index (κ2) is 5.86. The van der Waals surface area contributed by atoms with E-state index in [2.05, 4.69) is 20.2 Å². The third-order valence-electron chi connectivity index (χ3n) is 3.99. The molecule has 0 atom stereocenters. The number of furan rings is 1. The highest BCUT2D eigenvalue weighted by molar-refractivity contribution is 5.78. The molecule has 0 bridgehead atoms. The molecule has 0 aliphatic heterocycles. The number of nitrogens with zero attached hydrogens (tertiary/aromatic N) is 3. The fourth-order valence-electron chi connectivity index (χ4n) is 2.73. The van der Waals surface area contributed by atoms with E-state index < -0.39 is 0 Å². The molecule has 0 spiro atoms. The Morgan fingerprint density at radius 1 is 1.08 bits per heavy atom. The van der Waals surface area contributed by atoms with Crippen LogP contribution in [0, 0.1) is 13.8 Å². The highest BCUT2D eigenvalue weighted by Gasteiger charge is 2.12. The van der Waals surface area contributed by atoms with Crippen LogP contribution in [0.5, 0.6) is 11.6 Å². The minimum atomic E-state index is -0.190. The van der Waals surface area contributed by atoms with E-state index in [0.717, 1.165) is 16.8 Å². The molecular formula is C18H14N4O3. The van der Waals surface area contributed by atoms with E-state index in [-0.39, 0.29) is 5.56 Å². The van der Waals surface area contributed by atoms with E-state index in [1.165, 1.54) is 6.33 Å². The Morgan fingerprint density at radius 2 is 1.88 bits per heavy atom. The molecular weight excluding hydrogens is 320 g/mol. The van der Waals surface area contributed by atoms with Gasteiger partial charge < -0.3 is 9.15 Å². The summed E-state index contributed by atoms with van der Waals surface area (Å²) in [4.78, 5) is 20.0. The van der Waals surface area contributed by atoms with Gasteiger partial charge in [-0.1, -0.05) is 12.1 Å². The summed E-state index contributed by atoms with van der Waals surface area (Å²) in [5.74, 6) is 1.05. The molecule has 124 valence electrons. The van der Waals surface area contributed by atoms with Gasteiger partial charge in [0.05, 0.1) is 12.0 Å². The van der Waals surface area contributed by atoms with Crippen LogP contribution >= 0.6 is 0 Å². The van der Waals surface area contributed by atoms with Crippen molar-refractivity contribution in [2.24, 2.45) is 0 Å². The summed E-state index contributed by atoms with van der Waals surface area (Å²) in [5.41, 5.74) is 3.41. The highest BCUT2D eigenvalue weighted by atomic mass is 16.5. The Kier molecular flexibility index (Phi) is 3.53. The summed E-state index contributed by atoms with van der Waals surface area (Å²) >= 11 is 0. The number of nitrogens with one attached hydrogen (secondary N) is 1. The maximum Gasteiger partial charge on any atom is 0.267 e. The third kappa shape index (κ3) is 2.65. The fourth-order valence-corrected chi connectivity index (χ4v) is 2.73. The summed E-state index contributed by atoms with van der Waals surface area (Å²) in [5, 5.41) is 7.23. The first-order valence-corrected chi connectivity index (χ1v) is 7.66. The molecule has 0 aliphatic carbocycles. The van der Waals surface area contributed by atoms with E-state index in [1.807, 2.05) is 31.2 Å². The molecule has 1 aromatic carbocycles. The van der Waals surface area contributed by atoms with E-state index in [1.54, 1.807) is 19.3 Å².